The monoisotopic (exact) mass is 465 g/mol. The molecule has 12 heteroatoms. The number of halogens is 4. The van der Waals surface area contributed by atoms with Crippen LogP contribution in [0.2, 0.25) is 10.0 Å². The summed E-state index contributed by atoms with van der Waals surface area (Å²) < 4.78 is 14.7. The van der Waals surface area contributed by atoms with Gasteiger partial charge in [0.15, 0.2) is 5.82 Å². The molecule has 0 aliphatic carbocycles. The first-order valence-corrected chi connectivity index (χ1v) is 9.58. The van der Waals surface area contributed by atoms with E-state index in [2.05, 4.69) is 25.5 Å². The highest BCUT2D eigenvalue weighted by molar-refractivity contribution is 6.35. The van der Waals surface area contributed by atoms with Gasteiger partial charge in [0.05, 0.1) is 45.6 Å². The molecule has 0 fully saturated rings. The van der Waals surface area contributed by atoms with Gasteiger partial charge in [0.1, 0.15) is 11.3 Å². The van der Waals surface area contributed by atoms with Crippen molar-refractivity contribution in [2.24, 2.45) is 4.99 Å². The van der Waals surface area contributed by atoms with Gasteiger partial charge in [-0.2, -0.15) is 10.2 Å². The van der Waals surface area contributed by atoms with Crippen LogP contribution >= 0.6 is 34.8 Å². The van der Waals surface area contributed by atoms with Gasteiger partial charge in [-0.1, -0.05) is 34.8 Å². The van der Waals surface area contributed by atoms with Gasteiger partial charge in [0.2, 0.25) is 0 Å². The fourth-order valence-corrected chi connectivity index (χ4v) is 3.40. The predicted molar refractivity (Wildman–Crippen MR) is 113 cm³/mol. The van der Waals surface area contributed by atoms with E-state index in [-0.39, 0.29) is 27.0 Å². The molecule has 2 aromatic heterocycles. The number of hydrogen-bond acceptors (Lipinski definition) is 6. The van der Waals surface area contributed by atoms with Crippen molar-refractivity contribution in [3.8, 4) is 5.82 Å². The minimum Gasteiger partial charge on any atom is -0.322 e. The number of carbonyl (C=O) groups excluding carboxylic acids is 1. The van der Waals surface area contributed by atoms with Crippen LogP contribution in [0.25, 0.3) is 5.82 Å². The average molecular weight is 467 g/mol. The summed E-state index contributed by atoms with van der Waals surface area (Å²) in [5, 5.41) is 10.7. The standard InChI is InChI=1S/C18H11Cl3FN7O/c19-12-7-15(28-4-3-23-9-16(28)21)14(22)6-11(12)18(30)27-10-5-13(20)17(24-8-10)29-25-1-2-26-29/h1-9,16H,(H,27,30). The Morgan fingerprint density at radius 1 is 1.13 bits per heavy atom. The summed E-state index contributed by atoms with van der Waals surface area (Å²) in [6, 6.07) is 3.83. The van der Waals surface area contributed by atoms with E-state index in [1.165, 1.54) is 59.0 Å². The van der Waals surface area contributed by atoms with E-state index >= 15 is 0 Å². The van der Waals surface area contributed by atoms with Gasteiger partial charge >= 0.3 is 0 Å². The predicted octanol–water partition coefficient (Wildman–Crippen LogP) is 4.29. The summed E-state index contributed by atoms with van der Waals surface area (Å²) >= 11 is 18.6. The second kappa shape index (κ2) is 8.39. The van der Waals surface area contributed by atoms with Crippen LogP contribution in [0.15, 0.2) is 54.2 Å². The fourth-order valence-electron chi connectivity index (χ4n) is 2.68. The summed E-state index contributed by atoms with van der Waals surface area (Å²) in [6.45, 7) is 0. The third-order valence-electron chi connectivity index (χ3n) is 4.04. The molecule has 4 rings (SSSR count). The van der Waals surface area contributed by atoms with Crippen LogP contribution in [-0.2, 0) is 0 Å². The number of nitrogens with one attached hydrogen (secondary N) is 1. The molecule has 1 aliphatic rings. The maximum atomic E-state index is 14.7. The van der Waals surface area contributed by atoms with Gasteiger partial charge in [-0.3, -0.25) is 9.79 Å². The van der Waals surface area contributed by atoms with Gasteiger partial charge in [-0.25, -0.2) is 9.37 Å². The number of aliphatic imine (C=N–C) groups is 1. The summed E-state index contributed by atoms with van der Waals surface area (Å²) in [7, 11) is 0. The van der Waals surface area contributed by atoms with Crippen LogP contribution in [0.5, 0.6) is 0 Å². The average Bonchev–Trinajstić information content (AvgIpc) is 3.24. The summed E-state index contributed by atoms with van der Waals surface area (Å²) in [5.41, 5.74) is -0.346. The van der Waals surface area contributed by atoms with E-state index in [9.17, 15) is 9.18 Å². The lowest BCUT2D eigenvalue weighted by Crippen LogP contribution is -2.29. The summed E-state index contributed by atoms with van der Waals surface area (Å²) in [4.78, 5) is 23.3. The number of rotatable bonds is 4. The molecule has 3 aromatic rings. The smallest absolute Gasteiger partial charge is 0.257 e. The molecule has 0 saturated carbocycles. The number of nitrogens with zero attached hydrogens (tertiary/aromatic N) is 6. The van der Waals surface area contributed by atoms with Gasteiger partial charge in [-0.15, -0.1) is 4.80 Å². The third kappa shape index (κ3) is 4.00. The maximum Gasteiger partial charge on any atom is 0.257 e. The lowest BCUT2D eigenvalue weighted by atomic mass is 10.1. The zero-order valence-electron chi connectivity index (χ0n) is 14.9. The number of hydrogen-bond donors (Lipinski definition) is 1. The normalized spacial score (nSPS) is 15.5. The van der Waals surface area contributed by atoms with Crippen LogP contribution in [0.4, 0.5) is 15.8 Å². The number of carbonyl (C=O) groups is 1. The highest BCUT2D eigenvalue weighted by Crippen LogP contribution is 2.31. The van der Waals surface area contributed by atoms with Crippen LogP contribution in [0.3, 0.4) is 0 Å². The Morgan fingerprint density at radius 3 is 2.60 bits per heavy atom. The molecule has 1 unspecified atom stereocenters. The quantitative estimate of drug-likeness (QED) is 0.458. The summed E-state index contributed by atoms with van der Waals surface area (Å²) in [6.07, 6.45) is 8.74. The largest absolute Gasteiger partial charge is 0.322 e. The second-order valence-electron chi connectivity index (χ2n) is 5.96. The van der Waals surface area contributed by atoms with Gasteiger partial charge in [0.25, 0.3) is 5.91 Å². The first-order valence-electron chi connectivity index (χ1n) is 8.39. The Labute approximate surface area is 184 Å². The van der Waals surface area contributed by atoms with Crippen molar-refractivity contribution in [3.63, 3.8) is 0 Å². The maximum absolute atomic E-state index is 14.7. The zero-order chi connectivity index (χ0) is 21.3. The molecule has 0 bridgehead atoms. The lowest BCUT2D eigenvalue weighted by Gasteiger charge is -2.26. The van der Waals surface area contributed by atoms with E-state index in [0.717, 1.165) is 6.07 Å². The molecule has 0 radical (unpaired) electrons. The van der Waals surface area contributed by atoms with Crippen molar-refractivity contribution in [2.75, 3.05) is 10.2 Å². The molecular formula is C18H11Cl3FN7O. The molecule has 1 atom stereocenters. The molecule has 3 heterocycles. The second-order valence-corrected chi connectivity index (χ2v) is 7.22. The van der Waals surface area contributed by atoms with Crippen molar-refractivity contribution in [1.82, 2.24) is 20.0 Å². The van der Waals surface area contributed by atoms with Gasteiger partial charge in [0, 0.05) is 18.6 Å². The van der Waals surface area contributed by atoms with E-state index in [1.807, 2.05) is 0 Å². The van der Waals surface area contributed by atoms with Crippen LogP contribution < -0.4 is 10.2 Å². The van der Waals surface area contributed by atoms with Gasteiger partial charge < -0.3 is 10.2 Å². The molecule has 152 valence electrons. The molecule has 1 amide bonds. The number of anilines is 2. The van der Waals surface area contributed by atoms with Crippen LogP contribution in [0.1, 0.15) is 10.4 Å². The Hall–Kier alpha value is -3.01. The SMILES string of the molecule is O=C(Nc1cnc(-n2nccn2)c(Cl)c1)c1cc(F)c(N2C=CN=CC2Cl)cc1Cl. The van der Waals surface area contributed by atoms with Crippen molar-refractivity contribution in [1.29, 1.82) is 0 Å². The van der Waals surface area contributed by atoms with E-state index in [4.69, 9.17) is 34.8 Å². The minimum atomic E-state index is -0.684. The third-order valence-corrected chi connectivity index (χ3v) is 4.95. The molecule has 8 nitrogen and oxygen atoms in total. The number of aromatic nitrogens is 4. The Morgan fingerprint density at radius 2 is 1.90 bits per heavy atom. The van der Waals surface area contributed by atoms with Crippen LogP contribution in [-0.4, -0.2) is 37.6 Å². The lowest BCUT2D eigenvalue weighted by molar-refractivity contribution is 0.102. The number of alkyl halides is 1. The zero-order valence-corrected chi connectivity index (χ0v) is 17.1. The fraction of sp³-hybridized carbons (Fsp3) is 0.0556. The van der Waals surface area contributed by atoms with E-state index < -0.39 is 17.2 Å². The highest BCUT2D eigenvalue weighted by Gasteiger charge is 2.22. The molecular weight excluding hydrogens is 456 g/mol. The number of amides is 1. The Balaban J connectivity index is 1.57. The van der Waals surface area contributed by atoms with Crippen molar-refractivity contribution in [3.05, 3.63) is 70.6 Å². The number of pyridine rings is 1. The van der Waals surface area contributed by atoms with Crippen LogP contribution in [0, 0.1) is 5.82 Å². The van der Waals surface area contributed by atoms with E-state index in [0.29, 0.717) is 5.82 Å². The topological polar surface area (TPSA) is 88.3 Å². The number of benzene rings is 1. The summed E-state index contributed by atoms with van der Waals surface area (Å²) in [5.74, 6) is -1.01. The van der Waals surface area contributed by atoms with Crippen molar-refractivity contribution in [2.45, 2.75) is 5.50 Å². The highest BCUT2D eigenvalue weighted by atomic mass is 35.5. The molecule has 0 spiro atoms. The van der Waals surface area contributed by atoms with Crippen molar-refractivity contribution < 1.29 is 9.18 Å². The first kappa shape index (κ1) is 20.3. The minimum absolute atomic E-state index is 0.0418. The molecule has 30 heavy (non-hydrogen) atoms. The van der Waals surface area contributed by atoms with E-state index in [1.54, 1.807) is 0 Å². The van der Waals surface area contributed by atoms with Crippen molar-refractivity contribution >= 4 is 58.3 Å². The molecule has 1 aliphatic heterocycles. The molecule has 1 N–H and O–H groups in total. The molecule has 0 saturated heterocycles. The Kier molecular flexibility index (Phi) is 5.67. The Bertz CT molecular complexity index is 1170. The van der Waals surface area contributed by atoms with Gasteiger partial charge in [-0.05, 0) is 18.2 Å². The first-order chi connectivity index (χ1) is 14.4. The molecule has 1 aromatic carbocycles.